The number of phenols is 1. The van der Waals surface area contributed by atoms with Gasteiger partial charge >= 0.3 is 0 Å². The summed E-state index contributed by atoms with van der Waals surface area (Å²) in [6.45, 7) is 3.71. The van der Waals surface area contributed by atoms with Gasteiger partial charge in [0, 0.05) is 5.56 Å². The lowest BCUT2D eigenvalue weighted by Crippen LogP contribution is -2.09. The molecule has 100 valence electrons. The van der Waals surface area contributed by atoms with E-state index < -0.39 is 23.1 Å². The van der Waals surface area contributed by atoms with Gasteiger partial charge in [-0.25, -0.2) is 0 Å². The van der Waals surface area contributed by atoms with Gasteiger partial charge in [-0.15, -0.1) is 0 Å². The molecule has 19 heavy (non-hydrogen) atoms. The first kappa shape index (κ1) is 14.8. The number of benzene rings is 1. The van der Waals surface area contributed by atoms with Crippen LogP contribution in [-0.2, 0) is 4.79 Å². The van der Waals surface area contributed by atoms with Gasteiger partial charge in [-0.1, -0.05) is 0 Å². The predicted molar refractivity (Wildman–Crippen MR) is 67.7 cm³/mol. The second-order valence-corrected chi connectivity index (χ2v) is 4.33. The Morgan fingerprint density at radius 2 is 1.37 bits per heavy atom. The summed E-state index contributed by atoms with van der Waals surface area (Å²) >= 11 is 0. The van der Waals surface area contributed by atoms with Crippen molar-refractivity contribution in [2.24, 2.45) is 0 Å². The molecule has 0 saturated carbocycles. The Morgan fingerprint density at radius 1 is 0.947 bits per heavy atom. The zero-order chi connectivity index (χ0) is 14.7. The van der Waals surface area contributed by atoms with Gasteiger partial charge in [-0.2, -0.15) is 0 Å². The molecule has 0 saturated heterocycles. The molecule has 1 rings (SSSR count). The van der Waals surface area contributed by atoms with E-state index in [9.17, 15) is 24.3 Å². The predicted octanol–water partition coefficient (Wildman–Crippen LogP) is 1.96. The molecule has 5 heteroatoms. The molecule has 1 N–H and O–H groups in total. The van der Waals surface area contributed by atoms with Crippen molar-refractivity contribution in [2.45, 2.75) is 27.2 Å². The summed E-state index contributed by atoms with van der Waals surface area (Å²) in [6.07, 6.45) is -0.306. The molecule has 0 atom stereocenters. The lowest BCUT2D eigenvalue weighted by atomic mass is 9.96. The summed E-state index contributed by atoms with van der Waals surface area (Å²) in [4.78, 5) is 45.5. The Morgan fingerprint density at radius 3 is 1.68 bits per heavy atom. The van der Waals surface area contributed by atoms with Crippen molar-refractivity contribution in [3.63, 3.8) is 0 Å². The fraction of sp³-hybridized carbons (Fsp3) is 0.286. The number of hydrogen-bond acceptors (Lipinski definition) is 5. The van der Waals surface area contributed by atoms with Crippen molar-refractivity contribution in [3.8, 4) is 5.75 Å². The van der Waals surface area contributed by atoms with E-state index in [4.69, 9.17) is 0 Å². The quantitative estimate of drug-likeness (QED) is 0.647. The van der Waals surface area contributed by atoms with Gasteiger partial charge in [0.2, 0.25) is 0 Å². The molecular weight excluding hydrogens is 248 g/mol. The van der Waals surface area contributed by atoms with Crippen LogP contribution in [0.5, 0.6) is 5.75 Å². The normalized spacial score (nSPS) is 10.1. The Balaban J connectivity index is 3.42. The van der Waals surface area contributed by atoms with E-state index in [2.05, 4.69) is 0 Å². The molecule has 0 amide bonds. The van der Waals surface area contributed by atoms with Crippen molar-refractivity contribution >= 4 is 23.1 Å². The van der Waals surface area contributed by atoms with E-state index in [1.807, 2.05) is 0 Å². The molecule has 0 heterocycles. The van der Waals surface area contributed by atoms with Crippen LogP contribution in [0, 0.1) is 0 Å². The van der Waals surface area contributed by atoms with Gasteiger partial charge < -0.3 is 5.11 Å². The fourth-order valence-corrected chi connectivity index (χ4v) is 1.66. The number of ketones is 4. The van der Waals surface area contributed by atoms with Gasteiger partial charge in [0.15, 0.2) is 17.3 Å². The smallest absolute Gasteiger partial charge is 0.170 e. The largest absolute Gasteiger partial charge is 0.506 e. The van der Waals surface area contributed by atoms with E-state index in [0.29, 0.717) is 0 Å². The number of Topliss-reactive ketones (excluding diaryl/α,β-unsaturated/α-hetero) is 4. The van der Waals surface area contributed by atoms with E-state index in [1.54, 1.807) is 0 Å². The minimum absolute atomic E-state index is 0.0726. The molecule has 0 aliphatic heterocycles. The average Bonchev–Trinajstić information content (AvgIpc) is 2.27. The maximum Gasteiger partial charge on any atom is 0.170 e. The fourth-order valence-electron chi connectivity index (χ4n) is 1.66. The minimum atomic E-state index is -0.488. The highest BCUT2D eigenvalue weighted by molar-refractivity contribution is 6.11. The maximum atomic E-state index is 11.8. The number of phenolic OH excluding ortho intramolecular Hbond substituents is 1. The monoisotopic (exact) mass is 262 g/mol. The van der Waals surface area contributed by atoms with Crippen LogP contribution >= 0.6 is 0 Å². The summed E-state index contributed by atoms with van der Waals surface area (Å²) in [6, 6.07) is 2.41. The lowest BCUT2D eigenvalue weighted by Gasteiger charge is -2.08. The molecule has 0 aromatic heterocycles. The number of carbonyl (C=O) groups excluding carboxylic acids is 4. The molecule has 0 bridgehead atoms. The summed E-state index contributed by atoms with van der Waals surface area (Å²) in [5, 5.41) is 9.80. The van der Waals surface area contributed by atoms with Crippen LogP contribution in [0.1, 0.15) is 58.3 Å². The number of rotatable bonds is 5. The summed E-state index contributed by atoms with van der Waals surface area (Å²) < 4.78 is 0. The zero-order valence-electron chi connectivity index (χ0n) is 10.9. The molecule has 0 aliphatic rings. The first-order valence-electron chi connectivity index (χ1n) is 5.65. The zero-order valence-corrected chi connectivity index (χ0v) is 10.9. The Bertz CT molecular complexity index is 548. The van der Waals surface area contributed by atoms with E-state index in [0.717, 1.165) is 0 Å². The molecule has 0 fully saturated rings. The van der Waals surface area contributed by atoms with Gasteiger partial charge in [-0.05, 0) is 32.9 Å². The van der Waals surface area contributed by atoms with Gasteiger partial charge in [0.1, 0.15) is 11.5 Å². The van der Waals surface area contributed by atoms with Crippen LogP contribution < -0.4 is 0 Å². The van der Waals surface area contributed by atoms with Crippen molar-refractivity contribution in [3.05, 3.63) is 28.8 Å². The number of aromatic hydroxyl groups is 1. The van der Waals surface area contributed by atoms with Crippen LogP contribution in [0.3, 0.4) is 0 Å². The molecule has 1 aromatic rings. The summed E-state index contributed by atoms with van der Waals surface area (Å²) in [5.41, 5.74) is -0.123. The average molecular weight is 262 g/mol. The van der Waals surface area contributed by atoms with Crippen LogP contribution in [0.25, 0.3) is 0 Å². The van der Waals surface area contributed by atoms with Crippen LogP contribution in [-0.4, -0.2) is 28.2 Å². The van der Waals surface area contributed by atoms with E-state index >= 15 is 0 Å². The van der Waals surface area contributed by atoms with Gasteiger partial charge in [0.25, 0.3) is 0 Å². The number of carbonyl (C=O) groups is 4. The molecule has 0 unspecified atom stereocenters. The van der Waals surface area contributed by atoms with Crippen molar-refractivity contribution in [1.82, 2.24) is 0 Å². The number of hydrogen-bond donors (Lipinski definition) is 1. The Hall–Kier alpha value is -2.30. The molecule has 0 radical (unpaired) electrons. The summed E-state index contributed by atoms with van der Waals surface area (Å²) in [7, 11) is 0. The second kappa shape index (κ2) is 5.56. The standard InChI is InChI=1S/C14H14O5/c1-7(15)4-13(18)10-5-11(8(2)16)14(19)12(6-10)9(3)17/h5-6,19H,4H2,1-3H3. The van der Waals surface area contributed by atoms with Gasteiger partial charge in [-0.3, -0.25) is 19.2 Å². The molecule has 1 aromatic carbocycles. The molecule has 5 nitrogen and oxygen atoms in total. The lowest BCUT2D eigenvalue weighted by molar-refractivity contribution is -0.116. The highest BCUT2D eigenvalue weighted by Crippen LogP contribution is 2.26. The maximum absolute atomic E-state index is 11.8. The van der Waals surface area contributed by atoms with Crippen molar-refractivity contribution in [1.29, 1.82) is 0 Å². The van der Waals surface area contributed by atoms with Crippen LogP contribution in [0.15, 0.2) is 12.1 Å². The van der Waals surface area contributed by atoms with E-state index in [1.165, 1.54) is 32.9 Å². The van der Waals surface area contributed by atoms with Crippen LogP contribution in [0.2, 0.25) is 0 Å². The topological polar surface area (TPSA) is 88.5 Å². The second-order valence-electron chi connectivity index (χ2n) is 4.33. The third-order valence-electron chi connectivity index (χ3n) is 2.60. The minimum Gasteiger partial charge on any atom is -0.506 e. The molecular formula is C14H14O5. The first-order valence-corrected chi connectivity index (χ1v) is 5.65. The Kier molecular flexibility index (Phi) is 4.32. The third-order valence-corrected chi connectivity index (χ3v) is 2.60. The SMILES string of the molecule is CC(=O)CC(=O)c1cc(C(C)=O)c(O)c(C(C)=O)c1. The molecule has 0 spiro atoms. The van der Waals surface area contributed by atoms with Gasteiger partial charge in [0.05, 0.1) is 17.5 Å². The highest BCUT2D eigenvalue weighted by atomic mass is 16.3. The third kappa shape index (κ3) is 3.34. The first-order chi connectivity index (χ1) is 8.73. The molecule has 0 aliphatic carbocycles. The Labute approximate surface area is 110 Å². The van der Waals surface area contributed by atoms with Crippen molar-refractivity contribution < 1.29 is 24.3 Å². The van der Waals surface area contributed by atoms with Crippen molar-refractivity contribution in [2.75, 3.05) is 0 Å². The summed E-state index contributed by atoms with van der Waals surface area (Å²) in [5.74, 6) is -2.15. The van der Waals surface area contributed by atoms with Crippen LogP contribution in [0.4, 0.5) is 0 Å². The van der Waals surface area contributed by atoms with E-state index in [-0.39, 0.29) is 28.9 Å². The highest BCUT2D eigenvalue weighted by Gasteiger charge is 2.19.